The maximum atomic E-state index is 12.5. The van der Waals surface area contributed by atoms with E-state index in [9.17, 15) is 9.59 Å². The summed E-state index contributed by atoms with van der Waals surface area (Å²) in [4.78, 5) is 31.1. The van der Waals surface area contributed by atoms with Gasteiger partial charge in [-0.3, -0.25) is 9.59 Å². The van der Waals surface area contributed by atoms with E-state index in [0.29, 0.717) is 37.1 Å². The summed E-state index contributed by atoms with van der Waals surface area (Å²) in [5.41, 5.74) is 1.60. The quantitative estimate of drug-likeness (QED) is 0.776. The van der Waals surface area contributed by atoms with Gasteiger partial charge in [0.05, 0.1) is 0 Å². The second-order valence-electron chi connectivity index (χ2n) is 7.18. The highest BCUT2D eigenvalue weighted by atomic mass is 16.2. The van der Waals surface area contributed by atoms with Gasteiger partial charge in [-0.2, -0.15) is 0 Å². The number of hydrogen-bond donors (Lipinski definition) is 1. The van der Waals surface area contributed by atoms with Crippen LogP contribution in [0.5, 0.6) is 0 Å². The van der Waals surface area contributed by atoms with Gasteiger partial charge in [-0.25, -0.2) is 4.98 Å². The molecule has 136 valence electrons. The van der Waals surface area contributed by atoms with Gasteiger partial charge >= 0.3 is 0 Å². The zero-order chi connectivity index (χ0) is 17.9. The molecule has 1 aliphatic heterocycles. The minimum atomic E-state index is -0.207. The summed E-state index contributed by atoms with van der Waals surface area (Å²) in [5.74, 6) is 0.798. The van der Waals surface area contributed by atoms with Gasteiger partial charge in [-0.1, -0.05) is 30.3 Å². The Balaban J connectivity index is 1.30. The largest absolute Gasteiger partial charge is 0.351 e. The van der Waals surface area contributed by atoms with Crippen LogP contribution in [0.2, 0.25) is 0 Å². The minimum Gasteiger partial charge on any atom is -0.351 e. The van der Waals surface area contributed by atoms with E-state index in [1.165, 1.54) is 18.4 Å². The second-order valence-corrected chi connectivity index (χ2v) is 7.18. The topological polar surface area (TPSA) is 67.2 Å². The van der Waals surface area contributed by atoms with E-state index in [4.69, 9.17) is 0 Å². The molecule has 1 N–H and O–H groups in total. The Kier molecular flexibility index (Phi) is 4.73. The number of imidazole rings is 1. The second kappa shape index (κ2) is 7.32. The summed E-state index contributed by atoms with van der Waals surface area (Å²) in [5, 5.41) is 2.91. The Morgan fingerprint density at radius 3 is 2.77 bits per heavy atom. The zero-order valence-corrected chi connectivity index (χ0v) is 14.9. The van der Waals surface area contributed by atoms with Crippen molar-refractivity contribution in [1.29, 1.82) is 0 Å². The highest BCUT2D eigenvalue weighted by Crippen LogP contribution is 2.30. The summed E-state index contributed by atoms with van der Waals surface area (Å²) in [7, 11) is 0. The molecule has 0 spiro atoms. The first kappa shape index (κ1) is 16.8. The molecular formula is C20H24N4O2. The molecule has 2 heterocycles. The molecule has 1 aromatic heterocycles. The number of hydrogen-bond acceptors (Lipinski definition) is 3. The van der Waals surface area contributed by atoms with E-state index in [-0.39, 0.29) is 11.8 Å². The van der Waals surface area contributed by atoms with Crippen molar-refractivity contribution in [3.05, 3.63) is 53.6 Å². The number of aryl methyl sites for hydroxylation is 1. The first-order valence-electron chi connectivity index (χ1n) is 9.39. The zero-order valence-electron chi connectivity index (χ0n) is 14.9. The lowest BCUT2D eigenvalue weighted by atomic mass is 10.1. The van der Waals surface area contributed by atoms with Crippen molar-refractivity contribution in [3.63, 3.8) is 0 Å². The first-order valence-corrected chi connectivity index (χ1v) is 9.39. The van der Waals surface area contributed by atoms with Crippen molar-refractivity contribution in [2.45, 2.75) is 32.2 Å². The Morgan fingerprint density at radius 2 is 2.00 bits per heavy atom. The van der Waals surface area contributed by atoms with Crippen molar-refractivity contribution in [2.75, 3.05) is 19.6 Å². The van der Waals surface area contributed by atoms with Gasteiger partial charge in [0, 0.05) is 32.4 Å². The molecule has 4 rings (SSSR count). The normalized spacial score (nSPS) is 16.5. The summed E-state index contributed by atoms with van der Waals surface area (Å²) in [6, 6.07) is 10.2. The van der Waals surface area contributed by atoms with Crippen molar-refractivity contribution in [1.82, 2.24) is 19.8 Å². The smallest absolute Gasteiger partial charge is 0.289 e. The molecule has 1 aromatic carbocycles. The number of fused-ring (bicyclic) bond motifs is 1. The average molecular weight is 352 g/mol. The van der Waals surface area contributed by atoms with Crippen LogP contribution in [0.1, 0.15) is 45.9 Å². The lowest BCUT2D eigenvalue weighted by molar-refractivity contribution is 0.0688. The average Bonchev–Trinajstić information content (AvgIpc) is 3.37. The van der Waals surface area contributed by atoms with Gasteiger partial charge in [-0.15, -0.1) is 0 Å². The monoisotopic (exact) mass is 352 g/mol. The molecule has 1 fully saturated rings. The van der Waals surface area contributed by atoms with E-state index in [0.717, 1.165) is 19.4 Å². The lowest BCUT2D eigenvalue weighted by Crippen LogP contribution is -2.41. The molecule has 0 saturated heterocycles. The predicted molar refractivity (Wildman–Crippen MR) is 98.0 cm³/mol. The van der Waals surface area contributed by atoms with Gasteiger partial charge in [0.2, 0.25) is 0 Å². The van der Waals surface area contributed by atoms with Crippen LogP contribution < -0.4 is 5.32 Å². The van der Waals surface area contributed by atoms with Crippen molar-refractivity contribution < 1.29 is 9.59 Å². The standard InChI is InChI=1S/C20H24N4O2/c25-19(21-10-4-7-15-5-2-1-3-6-15)17-14-23-11-12-24(13-16-8-9-16)20(26)18(23)22-17/h1-3,5-6,14,16H,4,7-13H2,(H,21,25). The Hall–Kier alpha value is -2.63. The van der Waals surface area contributed by atoms with E-state index >= 15 is 0 Å². The number of nitrogens with zero attached hydrogens (tertiary/aromatic N) is 3. The molecule has 0 atom stereocenters. The van der Waals surface area contributed by atoms with Crippen molar-refractivity contribution in [2.24, 2.45) is 5.92 Å². The summed E-state index contributed by atoms with van der Waals surface area (Å²) >= 11 is 0. The van der Waals surface area contributed by atoms with Gasteiger partial charge in [0.1, 0.15) is 5.69 Å². The maximum absolute atomic E-state index is 12.5. The number of rotatable bonds is 7. The Labute approximate surface area is 153 Å². The third kappa shape index (κ3) is 3.79. The van der Waals surface area contributed by atoms with Crippen LogP contribution in [0, 0.1) is 5.92 Å². The van der Waals surface area contributed by atoms with Gasteiger partial charge < -0.3 is 14.8 Å². The molecule has 1 saturated carbocycles. The van der Waals surface area contributed by atoms with Crippen LogP contribution in [0.25, 0.3) is 0 Å². The van der Waals surface area contributed by atoms with E-state index < -0.39 is 0 Å². The Morgan fingerprint density at radius 1 is 1.19 bits per heavy atom. The van der Waals surface area contributed by atoms with E-state index in [1.54, 1.807) is 6.20 Å². The lowest BCUT2D eigenvalue weighted by Gasteiger charge is -2.27. The maximum Gasteiger partial charge on any atom is 0.289 e. The number of nitrogens with one attached hydrogen (secondary N) is 1. The SMILES string of the molecule is O=C(NCCCc1ccccc1)c1cn2c(n1)C(=O)N(CC1CC1)CC2. The molecule has 0 bridgehead atoms. The van der Waals surface area contributed by atoms with Gasteiger partial charge in [0.15, 0.2) is 5.82 Å². The molecular weight excluding hydrogens is 328 g/mol. The predicted octanol–water partition coefficient (Wildman–Crippen LogP) is 2.11. The van der Waals surface area contributed by atoms with Crippen LogP contribution in [0.3, 0.4) is 0 Å². The highest BCUT2D eigenvalue weighted by molar-refractivity contribution is 5.96. The van der Waals surface area contributed by atoms with E-state index in [2.05, 4.69) is 22.4 Å². The third-order valence-electron chi connectivity index (χ3n) is 5.04. The molecule has 0 unspecified atom stereocenters. The number of amides is 2. The summed E-state index contributed by atoms with van der Waals surface area (Å²) < 4.78 is 1.81. The molecule has 2 aromatic rings. The number of carbonyl (C=O) groups excluding carboxylic acids is 2. The van der Waals surface area contributed by atoms with Crippen LogP contribution in [0.4, 0.5) is 0 Å². The molecule has 6 heteroatoms. The van der Waals surface area contributed by atoms with Crippen molar-refractivity contribution in [3.8, 4) is 0 Å². The molecule has 2 amide bonds. The van der Waals surface area contributed by atoms with Crippen LogP contribution >= 0.6 is 0 Å². The fraction of sp³-hybridized carbons (Fsp3) is 0.450. The number of aromatic nitrogens is 2. The number of carbonyl (C=O) groups is 2. The minimum absolute atomic E-state index is 0.0497. The molecule has 2 aliphatic rings. The molecule has 1 aliphatic carbocycles. The Bertz CT molecular complexity index is 795. The van der Waals surface area contributed by atoms with Crippen LogP contribution in [-0.2, 0) is 13.0 Å². The highest BCUT2D eigenvalue weighted by Gasteiger charge is 2.32. The van der Waals surface area contributed by atoms with Crippen LogP contribution in [-0.4, -0.2) is 45.9 Å². The summed E-state index contributed by atoms with van der Waals surface area (Å²) in [6.07, 6.45) is 5.94. The first-order chi connectivity index (χ1) is 12.7. The fourth-order valence-corrected chi connectivity index (χ4v) is 3.35. The molecule has 0 radical (unpaired) electrons. The fourth-order valence-electron chi connectivity index (χ4n) is 3.35. The van der Waals surface area contributed by atoms with Gasteiger partial charge in [0.25, 0.3) is 11.8 Å². The van der Waals surface area contributed by atoms with Crippen molar-refractivity contribution >= 4 is 11.8 Å². The molecule has 26 heavy (non-hydrogen) atoms. The summed E-state index contributed by atoms with van der Waals surface area (Å²) in [6.45, 7) is 2.84. The van der Waals surface area contributed by atoms with Gasteiger partial charge in [-0.05, 0) is 37.2 Å². The number of benzene rings is 1. The molecule has 6 nitrogen and oxygen atoms in total. The van der Waals surface area contributed by atoms with E-state index in [1.807, 2.05) is 27.7 Å². The third-order valence-corrected chi connectivity index (χ3v) is 5.04. The van der Waals surface area contributed by atoms with Crippen LogP contribution in [0.15, 0.2) is 36.5 Å².